The second-order valence-electron chi connectivity index (χ2n) is 7.00. The van der Waals surface area contributed by atoms with E-state index in [1.165, 1.54) is 18.5 Å². The van der Waals surface area contributed by atoms with Gasteiger partial charge in [0, 0.05) is 42.5 Å². The zero-order valence-electron chi connectivity index (χ0n) is 14.2. The molecule has 2 fully saturated rings. The van der Waals surface area contributed by atoms with Crippen LogP contribution in [-0.2, 0) is 0 Å². The second-order valence-corrected chi connectivity index (χ2v) is 7.00. The minimum absolute atomic E-state index is 0.0204. The Bertz CT molecular complexity index is 717. The maximum Gasteiger partial charge on any atom is 0.255 e. The highest BCUT2D eigenvalue weighted by molar-refractivity contribution is 5.96. The fraction of sp³-hybridized carbons (Fsp3) is 0.588. The number of aromatic nitrogens is 4. The Morgan fingerprint density at radius 1 is 1.17 bits per heavy atom. The van der Waals surface area contributed by atoms with Gasteiger partial charge >= 0.3 is 0 Å². The van der Waals surface area contributed by atoms with Gasteiger partial charge in [-0.3, -0.25) is 15.0 Å². The number of piperidine rings is 1. The first-order chi connectivity index (χ1) is 11.6. The number of nitrogens with zero attached hydrogens (tertiary/aromatic N) is 3. The van der Waals surface area contributed by atoms with Crippen molar-refractivity contribution in [2.45, 2.75) is 51.5 Å². The first kappa shape index (κ1) is 15.2. The van der Waals surface area contributed by atoms with E-state index in [0.29, 0.717) is 11.5 Å². The number of hydrogen-bond acceptors (Lipinski definition) is 4. The highest BCUT2D eigenvalue weighted by Gasteiger charge is 2.28. The SMILES string of the molecule is Cc1n[nH]c(C)c1C(=O)NC1CCN(c2cc(C3CC3)[nH]n2)CC1. The molecule has 0 spiro atoms. The Kier molecular flexibility index (Phi) is 3.78. The van der Waals surface area contributed by atoms with Crippen molar-refractivity contribution in [3.8, 4) is 0 Å². The van der Waals surface area contributed by atoms with Gasteiger partial charge in [-0.25, -0.2) is 0 Å². The molecular weight excluding hydrogens is 304 g/mol. The summed E-state index contributed by atoms with van der Waals surface area (Å²) in [6.45, 7) is 5.58. The lowest BCUT2D eigenvalue weighted by molar-refractivity contribution is 0.0930. The zero-order chi connectivity index (χ0) is 16.7. The number of carbonyl (C=O) groups excluding carboxylic acids is 1. The second kappa shape index (κ2) is 5.96. The molecule has 3 heterocycles. The van der Waals surface area contributed by atoms with Crippen molar-refractivity contribution < 1.29 is 4.79 Å². The molecule has 2 aromatic heterocycles. The zero-order valence-corrected chi connectivity index (χ0v) is 14.2. The largest absolute Gasteiger partial charge is 0.355 e. The number of H-pyrrole nitrogens is 2. The molecule has 1 saturated heterocycles. The van der Waals surface area contributed by atoms with Crippen molar-refractivity contribution in [2.75, 3.05) is 18.0 Å². The lowest BCUT2D eigenvalue weighted by Crippen LogP contribution is -2.45. The molecule has 128 valence electrons. The average Bonchev–Trinajstić information content (AvgIpc) is 3.21. The molecule has 0 aromatic carbocycles. The van der Waals surface area contributed by atoms with Gasteiger partial charge in [-0.2, -0.15) is 10.2 Å². The van der Waals surface area contributed by atoms with E-state index in [1.54, 1.807) is 0 Å². The minimum atomic E-state index is -0.0204. The molecule has 2 aromatic rings. The molecule has 1 saturated carbocycles. The fourth-order valence-electron chi connectivity index (χ4n) is 3.49. The lowest BCUT2D eigenvalue weighted by Gasteiger charge is -2.32. The van der Waals surface area contributed by atoms with Crippen LogP contribution in [0.3, 0.4) is 0 Å². The topological polar surface area (TPSA) is 89.7 Å². The van der Waals surface area contributed by atoms with Crippen LogP contribution in [0.5, 0.6) is 0 Å². The predicted octanol–water partition coefficient (Wildman–Crippen LogP) is 2.03. The summed E-state index contributed by atoms with van der Waals surface area (Å²) in [5.74, 6) is 1.72. The summed E-state index contributed by atoms with van der Waals surface area (Å²) in [5.41, 5.74) is 3.53. The molecule has 7 nitrogen and oxygen atoms in total. The van der Waals surface area contributed by atoms with E-state index in [0.717, 1.165) is 43.1 Å². The summed E-state index contributed by atoms with van der Waals surface area (Å²) < 4.78 is 0. The van der Waals surface area contributed by atoms with Crippen LogP contribution in [0.1, 0.15) is 59.0 Å². The Hall–Kier alpha value is -2.31. The highest BCUT2D eigenvalue weighted by Crippen LogP contribution is 2.40. The van der Waals surface area contributed by atoms with E-state index in [2.05, 4.69) is 36.7 Å². The van der Waals surface area contributed by atoms with Crippen molar-refractivity contribution in [1.29, 1.82) is 0 Å². The van der Waals surface area contributed by atoms with E-state index < -0.39 is 0 Å². The van der Waals surface area contributed by atoms with Gasteiger partial charge in [0.25, 0.3) is 5.91 Å². The van der Waals surface area contributed by atoms with E-state index >= 15 is 0 Å². The summed E-state index contributed by atoms with van der Waals surface area (Å²) in [6, 6.07) is 2.40. The molecule has 1 amide bonds. The third kappa shape index (κ3) is 2.90. The van der Waals surface area contributed by atoms with Gasteiger partial charge in [-0.15, -0.1) is 0 Å². The molecule has 0 bridgehead atoms. The molecule has 3 N–H and O–H groups in total. The van der Waals surface area contributed by atoms with Crippen LogP contribution in [0.2, 0.25) is 0 Å². The number of aromatic amines is 2. The van der Waals surface area contributed by atoms with Crippen LogP contribution in [0.15, 0.2) is 6.07 Å². The van der Waals surface area contributed by atoms with E-state index in [9.17, 15) is 4.79 Å². The van der Waals surface area contributed by atoms with Gasteiger partial charge in [-0.1, -0.05) is 0 Å². The molecule has 0 atom stereocenters. The molecule has 1 aliphatic heterocycles. The smallest absolute Gasteiger partial charge is 0.255 e. The van der Waals surface area contributed by atoms with E-state index in [-0.39, 0.29) is 11.9 Å². The number of carbonyl (C=O) groups is 1. The van der Waals surface area contributed by atoms with Gasteiger partial charge in [-0.05, 0) is 39.5 Å². The molecule has 0 radical (unpaired) electrons. The monoisotopic (exact) mass is 328 g/mol. The number of nitrogens with one attached hydrogen (secondary N) is 3. The standard InChI is InChI=1S/C17H24N6O/c1-10-16(11(2)20-19-10)17(24)18-13-5-7-23(8-6-13)15-9-14(21-22-15)12-3-4-12/h9,12-13H,3-8H2,1-2H3,(H,18,24)(H,19,20)(H,21,22). The normalized spacial score (nSPS) is 18.8. The van der Waals surface area contributed by atoms with Gasteiger partial charge < -0.3 is 10.2 Å². The van der Waals surface area contributed by atoms with Crippen molar-refractivity contribution >= 4 is 11.7 Å². The number of rotatable bonds is 4. The van der Waals surface area contributed by atoms with Crippen LogP contribution < -0.4 is 10.2 Å². The van der Waals surface area contributed by atoms with Crippen molar-refractivity contribution in [3.05, 3.63) is 28.7 Å². The Morgan fingerprint density at radius 3 is 2.54 bits per heavy atom. The van der Waals surface area contributed by atoms with Crippen LogP contribution in [0, 0.1) is 13.8 Å². The van der Waals surface area contributed by atoms with Gasteiger partial charge in [0.05, 0.1) is 11.3 Å². The summed E-state index contributed by atoms with van der Waals surface area (Å²) >= 11 is 0. The number of hydrogen-bond donors (Lipinski definition) is 3. The maximum atomic E-state index is 12.5. The van der Waals surface area contributed by atoms with Crippen LogP contribution in [0.25, 0.3) is 0 Å². The summed E-state index contributed by atoms with van der Waals surface area (Å²) in [6.07, 6.45) is 4.44. The molecule has 4 rings (SSSR count). The molecule has 2 aliphatic rings. The molecule has 0 unspecified atom stereocenters. The van der Waals surface area contributed by atoms with E-state index in [1.807, 2.05) is 13.8 Å². The van der Waals surface area contributed by atoms with E-state index in [4.69, 9.17) is 0 Å². The fourth-order valence-corrected chi connectivity index (χ4v) is 3.49. The summed E-state index contributed by atoms with van der Waals surface area (Å²) in [4.78, 5) is 14.8. The summed E-state index contributed by atoms with van der Waals surface area (Å²) in [5, 5.41) is 17.7. The first-order valence-electron chi connectivity index (χ1n) is 8.74. The molecule has 7 heteroatoms. The third-order valence-electron chi connectivity index (χ3n) is 5.11. The highest BCUT2D eigenvalue weighted by atomic mass is 16.1. The molecular formula is C17H24N6O. The first-order valence-corrected chi connectivity index (χ1v) is 8.74. The van der Waals surface area contributed by atoms with Gasteiger partial charge in [0.15, 0.2) is 5.82 Å². The van der Waals surface area contributed by atoms with Gasteiger partial charge in [0.2, 0.25) is 0 Å². The Labute approximate surface area is 141 Å². The third-order valence-corrected chi connectivity index (χ3v) is 5.11. The number of aryl methyl sites for hydroxylation is 2. The average molecular weight is 328 g/mol. The minimum Gasteiger partial charge on any atom is -0.355 e. The predicted molar refractivity (Wildman–Crippen MR) is 91.3 cm³/mol. The van der Waals surface area contributed by atoms with Crippen molar-refractivity contribution in [1.82, 2.24) is 25.7 Å². The van der Waals surface area contributed by atoms with Crippen LogP contribution >= 0.6 is 0 Å². The van der Waals surface area contributed by atoms with Crippen molar-refractivity contribution in [3.63, 3.8) is 0 Å². The Morgan fingerprint density at radius 2 is 1.92 bits per heavy atom. The lowest BCUT2D eigenvalue weighted by atomic mass is 10.0. The number of amides is 1. The van der Waals surface area contributed by atoms with Gasteiger partial charge in [0.1, 0.15) is 0 Å². The Balaban J connectivity index is 1.33. The molecule has 24 heavy (non-hydrogen) atoms. The quantitative estimate of drug-likeness (QED) is 0.801. The van der Waals surface area contributed by atoms with Crippen LogP contribution in [-0.4, -0.2) is 45.4 Å². The number of anilines is 1. The summed E-state index contributed by atoms with van der Waals surface area (Å²) in [7, 11) is 0. The maximum absolute atomic E-state index is 12.5. The molecule has 1 aliphatic carbocycles. The van der Waals surface area contributed by atoms with Crippen molar-refractivity contribution in [2.24, 2.45) is 0 Å². The van der Waals surface area contributed by atoms with Crippen LogP contribution in [0.4, 0.5) is 5.82 Å².